The molecule has 1 aliphatic carbocycles. The van der Waals surface area contributed by atoms with Gasteiger partial charge in [-0.3, -0.25) is 4.79 Å². The average Bonchev–Trinajstić information content (AvgIpc) is 2.99. The number of hydrogen-bond acceptors (Lipinski definition) is 7. The van der Waals surface area contributed by atoms with Gasteiger partial charge in [0, 0.05) is 18.5 Å². The molecule has 1 amide bonds. The Hall–Kier alpha value is -2.94. The zero-order chi connectivity index (χ0) is 18.7. The number of nitriles is 2. The second kappa shape index (κ2) is 5.04. The van der Waals surface area contributed by atoms with Crippen LogP contribution in [0.5, 0.6) is 0 Å². The summed E-state index contributed by atoms with van der Waals surface area (Å²) < 4.78 is 11.6. The van der Waals surface area contributed by atoms with Crippen LogP contribution in [0.3, 0.4) is 0 Å². The summed E-state index contributed by atoms with van der Waals surface area (Å²) in [5.41, 5.74) is 4.85. The van der Waals surface area contributed by atoms with Crippen molar-refractivity contribution < 1.29 is 14.3 Å². The number of aliphatic imine (C=N–C) groups is 1. The van der Waals surface area contributed by atoms with Gasteiger partial charge in [-0.2, -0.15) is 10.5 Å². The van der Waals surface area contributed by atoms with Crippen molar-refractivity contribution in [2.24, 2.45) is 21.6 Å². The molecule has 1 spiro atoms. The molecule has 1 aromatic carbocycles. The normalized spacial score (nSPS) is 39.6. The number of amidine groups is 1. The molecule has 4 rings (SSSR count). The first-order valence-corrected chi connectivity index (χ1v) is 8.24. The maximum Gasteiger partial charge on any atom is 0.293 e. The molecule has 26 heavy (non-hydrogen) atoms. The standard InChI is InChI=1S/C18H17N5O3/c1-10-7-25-18(26-10)17(9-20)14(16(17,8-19)15(21)23-18)12-3-5-13(6-4-12)22-11(2)24/h3-6,10,14H,7H2,1-2H3,(H2,21,23)(H,22,24)/t10-,14+,16+,17+,18+/m0/s1. The molecule has 0 unspecified atom stereocenters. The predicted molar refractivity (Wildman–Crippen MR) is 90.4 cm³/mol. The summed E-state index contributed by atoms with van der Waals surface area (Å²) in [6, 6.07) is 11.4. The van der Waals surface area contributed by atoms with Crippen molar-refractivity contribution >= 4 is 17.4 Å². The van der Waals surface area contributed by atoms with E-state index < -0.39 is 22.7 Å². The van der Waals surface area contributed by atoms with E-state index in [0.717, 1.165) is 5.56 Å². The van der Waals surface area contributed by atoms with Gasteiger partial charge >= 0.3 is 0 Å². The van der Waals surface area contributed by atoms with Crippen LogP contribution in [-0.2, 0) is 14.3 Å². The number of ether oxygens (including phenoxy) is 2. The molecule has 8 nitrogen and oxygen atoms in total. The zero-order valence-corrected chi connectivity index (χ0v) is 14.3. The average molecular weight is 351 g/mol. The van der Waals surface area contributed by atoms with Crippen LogP contribution in [0.2, 0.25) is 0 Å². The minimum Gasteiger partial charge on any atom is -0.386 e. The van der Waals surface area contributed by atoms with Crippen molar-refractivity contribution in [3.05, 3.63) is 29.8 Å². The van der Waals surface area contributed by atoms with E-state index in [9.17, 15) is 15.3 Å². The fourth-order valence-electron chi connectivity index (χ4n) is 4.32. The Labute approximate surface area is 150 Å². The molecule has 2 fully saturated rings. The number of nitrogens with one attached hydrogen (secondary N) is 1. The van der Waals surface area contributed by atoms with Crippen molar-refractivity contribution in [1.29, 1.82) is 10.5 Å². The Morgan fingerprint density at radius 1 is 1.35 bits per heavy atom. The minimum absolute atomic E-state index is 0.0617. The molecule has 0 aromatic heterocycles. The number of nitrogens with zero attached hydrogens (tertiary/aromatic N) is 3. The molecular formula is C18H17N5O3. The van der Waals surface area contributed by atoms with E-state index in [1.165, 1.54) is 6.92 Å². The number of benzene rings is 1. The van der Waals surface area contributed by atoms with Crippen molar-refractivity contribution in [3.8, 4) is 12.1 Å². The fraction of sp³-hybridized carbons (Fsp3) is 0.444. The zero-order valence-electron chi connectivity index (χ0n) is 14.3. The number of rotatable bonds is 2. The van der Waals surface area contributed by atoms with Gasteiger partial charge in [-0.15, -0.1) is 0 Å². The largest absolute Gasteiger partial charge is 0.386 e. The smallest absolute Gasteiger partial charge is 0.293 e. The van der Waals surface area contributed by atoms with Crippen LogP contribution in [0.1, 0.15) is 25.3 Å². The minimum atomic E-state index is -1.55. The molecule has 8 heteroatoms. The molecule has 1 saturated carbocycles. The van der Waals surface area contributed by atoms with Crippen molar-refractivity contribution in [2.75, 3.05) is 11.9 Å². The van der Waals surface area contributed by atoms with Crippen LogP contribution < -0.4 is 11.1 Å². The highest BCUT2D eigenvalue weighted by molar-refractivity contribution is 6.00. The number of amides is 1. The van der Waals surface area contributed by atoms with Crippen LogP contribution >= 0.6 is 0 Å². The number of hydrogen-bond donors (Lipinski definition) is 2. The van der Waals surface area contributed by atoms with Crippen LogP contribution in [-0.4, -0.2) is 30.4 Å². The number of fused-ring (bicyclic) bond motifs is 2. The van der Waals surface area contributed by atoms with E-state index in [2.05, 4.69) is 22.4 Å². The molecule has 0 bridgehead atoms. The van der Waals surface area contributed by atoms with Gasteiger partial charge in [-0.1, -0.05) is 12.1 Å². The lowest BCUT2D eigenvalue weighted by Crippen LogP contribution is -2.39. The summed E-state index contributed by atoms with van der Waals surface area (Å²) in [7, 11) is 0. The number of anilines is 1. The van der Waals surface area contributed by atoms with Crippen molar-refractivity contribution in [2.45, 2.75) is 31.8 Å². The first-order chi connectivity index (χ1) is 12.4. The summed E-state index contributed by atoms with van der Waals surface area (Å²) in [5, 5.41) is 22.7. The molecule has 132 valence electrons. The van der Waals surface area contributed by atoms with E-state index in [1.54, 1.807) is 24.3 Å². The van der Waals surface area contributed by atoms with Gasteiger partial charge in [0.15, 0.2) is 5.41 Å². The third-order valence-corrected chi connectivity index (χ3v) is 5.37. The summed E-state index contributed by atoms with van der Waals surface area (Å²) in [6.07, 6.45) is -0.255. The Morgan fingerprint density at radius 2 is 2.04 bits per heavy atom. The number of carbonyl (C=O) groups is 1. The van der Waals surface area contributed by atoms with E-state index in [-0.39, 0.29) is 24.5 Å². The lowest BCUT2D eigenvalue weighted by molar-refractivity contribution is -0.193. The van der Waals surface area contributed by atoms with Crippen LogP contribution in [0, 0.1) is 33.5 Å². The van der Waals surface area contributed by atoms with E-state index >= 15 is 0 Å². The fourth-order valence-corrected chi connectivity index (χ4v) is 4.32. The topological polar surface area (TPSA) is 134 Å². The third kappa shape index (κ3) is 1.68. The lowest BCUT2D eigenvalue weighted by Gasteiger charge is -2.26. The maximum absolute atomic E-state index is 11.2. The Morgan fingerprint density at radius 3 is 2.54 bits per heavy atom. The lowest BCUT2D eigenvalue weighted by atomic mass is 9.94. The second-order valence-electron chi connectivity index (χ2n) is 6.89. The van der Waals surface area contributed by atoms with E-state index in [1.807, 2.05) is 6.92 Å². The molecule has 2 heterocycles. The molecule has 0 radical (unpaired) electrons. The quantitative estimate of drug-likeness (QED) is 0.823. The number of nitrogens with two attached hydrogens (primary N) is 1. The SMILES string of the molecule is CC(=O)Nc1ccc([C@H]2[C@@]3(C#N)[C@@]4(N=C(N)[C@@]23C#N)OC[C@H](C)O4)cc1. The van der Waals surface area contributed by atoms with Crippen molar-refractivity contribution in [3.63, 3.8) is 0 Å². The van der Waals surface area contributed by atoms with E-state index in [4.69, 9.17) is 15.2 Å². The van der Waals surface area contributed by atoms with Gasteiger partial charge in [-0.05, 0) is 24.6 Å². The Kier molecular flexibility index (Phi) is 3.20. The van der Waals surface area contributed by atoms with Gasteiger partial charge in [-0.25, -0.2) is 4.99 Å². The van der Waals surface area contributed by atoms with Gasteiger partial charge in [0.1, 0.15) is 11.3 Å². The predicted octanol–water partition coefficient (Wildman–Crippen LogP) is 1.22. The van der Waals surface area contributed by atoms with Crippen LogP contribution in [0.25, 0.3) is 0 Å². The van der Waals surface area contributed by atoms with Gasteiger partial charge in [0.25, 0.3) is 5.91 Å². The second-order valence-corrected chi connectivity index (χ2v) is 6.89. The van der Waals surface area contributed by atoms with Crippen LogP contribution in [0.15, 0.2) is 29.3 Å². The summed E-state index contributed by atoms with van der Waals surface area (Å²) in [4.78, 5) is 15.4. The first kappa shape index (κ1) is 16.5. The monoisotopic (exact) mass is 351 g/mol. The van der Waals surface area contributed by atoms with Gasteiger partial charge < -0.3 is 20.5 Å². The molecule has 5 atom stereocenters. The molecule has 3 N–H and O–H groups in total. The highest BCUT2D eigenvalue weighted by Gasteiger charge is 2.94. The van der Waals surface area contributed by atoms with Crippen LogP contribution in [0.4, 0.5) is 5.69 Å². The van der Waals surface area contributed by atoms with Gasteiger partial charge in [0.05, 0.1) is 24.8 Å². The molecular weight excluding hydrogens is 334 g/mol. The maximum atomic E-state index is 11.2. The Balaban J connectivity index is 1.79. The third-order valence-electron chi connectivity index (χ3n) is 5.37. The molecule has 2 aliphatic heterocycles. The highest BCUT2D eigenvalue weighted by Crippen LogP contribution is 2.82. The molecule has 3 aliphatic rings. The summed E-state index contributed by atoms with van der Waals surface area (Å²) in [6.45, 7) is 3.51. The Bertz CT molecular complexity index is 914. The number of carbonyl (C=O) groups excluding carboxylic acids is 1. The highest BCUT2D eigenvalue weighted by atomic mass is 16.8. The first-order valence-electron chi connectivity index (χ1n) is 8.24. The van der Waals surface area contributed by atoms with Crippen molar-refractivity contribution in [1.82, 2.24) is 0 Å². The summed E-state index contributed by atoms with van der Waals surface area (Å²) in [5.74, 6) is -2.20. The molecule has 1 saturated heterocycles. The van der Waals surface area contributed by atoms with E-state index in [0.29, 0.717) is 5.69 Å². The molecule has 1 aromatic rings. The summed E-state index contributed by atoms with van der Waals surface area (Å²) >= 11 is 0. The van der Waals surface area contributed by atoms with Gasteiger partial charge in [0.2, 0.25) is 5.91 Å².